The van der Waals surface area contributed by atoms with Gasteiger partial charge < -0.3 is 4.74 Å². The van der Waals surface area contributed by atoms with Crippen molar-refractivity contribution in [1.29, 1.82) is 0 Å². The van der Waals surface area contributed by atoms with Crippen molar-refractivity contribution in [3.63, 3.8) is 0 Å². The van der Waals surface area contributed by atoms with E-state index in [9.17, 15) is 4.79 Å². The molecule has 1 aliphatic carbocycles. The van der Waals surface area contributed by atoms with Crippen molar-refractivity contribution < 1.29 is 9.53 Å². The fraction of sp³-hybridized carbons (Fsp3) is 0.824. The quantitative estimate of drug-likeness (QED) is 0.618. The van der Waals surface area contributed by atoms with Gasteiger partial charge in [0, 0.05) is 29.9 Å². The van der Waals surface area contributed by atoms with E-state index in [-0.39, 0.29) is 11.3 Å². The fourth-order valence-electron chi connectivity index (χ4n) is 3.18. The third kappa shape index (κ3) is 4.92. The number of ketones is 1. The smallest absolute Gasteiger partial charge is 0.137 e. The lowest BCUT2D eigenvalue weighted by atomic mass is 9.70. The number of allylic oxidation sites excluding steroid dienone is 1. The number of carbonyl (C=O) groups excluding carboxylic acids is 1. The molecule has 1 rings (SSSR count). The van der Waals surface area contributed by atoms with Crippen LogP contribution in [0, 0.1) is 11.3 Å². The fourth-order valence-corrected chi connectivity index (χ4v) is 4.86. The molecule has 0 saturated heterocycles. The second kappa shape index (κ2) is 8.23. The molecule has 0 amide bonds. The zero-order valence-corrected chi connectivity index (χ0v) is 14.3. The SMILES string of the molecule is C=CCCC(=O)C1CCCC(C)(C)C1SC(C)COC. The maximum Gasteiger partial charge on any atom is 0.137 e. The summed E-state index contributed by atoms with van der Waals surface area (Å²) in [6, 6.07) is 0. The number of methoxy groups -OCH3 is 1. The van der Waals surface area contributed by atoms with E-state index in [4.69, 9.17) is 4.74 Å². The summed E-state index contributed by atoms with van der Waals surface area (Å²) in [6.07, 6.45) is 6.75. The third-order valence-corrected chi connectivity index (χ3v) is 6.12. The molecule has 0 radical (unpaired) electrons. The lowest BCUT2D eigenvalue weighted by Gasteiger charge is -2.44. The molecule has 0 aromatic rings. The first-order valence-corrected chi connectivity index (χ1v) is 8.64. The molecule has 1 fully saturated rings. The molecule has 0 heterocycles. The Kier molecular flexibility index (Phi) is 7.32. The van der Waals surface area contributed by atoms with Gasteiger partial charge in [-0.05, 0) is 24.7 Å². The molecule has 2 nitrogen and oxygen atoms in total. The highest BCUT2D eigenvalue weighted by Crippen LogP contribution is 2.47. The predicted molar refractivity (Wildman–Crippen MR) is 88.3 cm³/mol. The Labute approximate surface area is 128 Å². The van der Waals surface area contributed by atoms with Gasteiger partial charge in [-0.2, -0.15) is 11.8 Å². The third-order valence-electron chi connectivity index (χ3n) is 4.26. The average Bonchev–Trinajstić information content (AvgIpc) is 2.38. The van der Waals surface area contributed by atoms with E-state index in [0.29, 0.717) is 22.7 Å². The highest BCUT2D eigenvalue weighted by Gasteiger charge is 2.42. The molecule has 3 heteroatoms. The van der Waals surface area contributed by atoms with Crippen LogP contribution in [0.3, 0.4) is 0 Å². The summed E-state index contributed by atoms with van der Waals surface area (Å²) in [5.74, 6) is 0.641. The van der Waals surface area contributed by atoms with Crippen molar-refractivity contribution in [1.82, 2.24) is 0 Å². The van der Waals surface area contributed by atoms with Crippen LogP contribution in [0.5, 0.6) is 0 Å². The van der Waals surface area contributed by atoms with Gasteiger partial charge in [0.2, 0.25) is 0 Å². The standard InChI is InChI=1S/C17H30O2S/c1-6-7-10-15(18)14-9-8-11-17(3,4)16(14)20-13(2)12-19-5/h6,13-14,16H,1,7-12H2,2-5H3. The molecule has 20 heavy (non-hydrogen) atoms. The van der Waals surface area contributed by atoms with Crippen molar-refractivity contribution in [2.45, 2.75) is 63.4 Å². The Hall–Kier alpha value is -0.280. The second-order valence-corrected chi connectivity index (χ2v) is 8.19. The van der Waals surface area contributed by atoms with Crippen LogP contribution in [0.2, 0.25) is 0 Å². The Morgan fingerprint density at radius 3 is 2.85 bits per heavy atom. The van der Waals surface area contributed by atoms with Crippen molar-refractivity contribution in [2.75, 3.05) is 13.7 Å². The van der Waals surface area contributed by atoms with Gasteiger partial charge in [0.15, 0.2) is 0 Å². The summed E-state index contributed by atoms with van der Waals surface area (Å²) >= 11 is 1.95. The molecule has 0 aromatic heterocycles. The van der Waals surface area contributed by atoms with Crippen LogP contribution in [0.1, 0.15) is 52.9 Å². The van der Waals surface area contributed by atoms with Crippen LogP contribution in [-0.2, 0) is 9.53 Å². The molecule has 3 atom stereocenters. The van der Waals surface area contributed by atoms with E-state index in [1.54, 1.807) is 7.11 Å². The molecular formula is C17H30O2S. The Bertz CT molecular complexity index is 325. The van der Waals surface area contributed by atoms with Crippen LogP contribution in [0.4, 0.5) is 0 Å². The van der Waals surface area contributed by atoms with Crippen LogP contribution < -0.4 is 0 Å². The van der Waals surface area contributed by atoms with Crippen LogP contribution in [-0.4, -0.2) is 30.0 Å². The predicted octanol–water partition coefficient (Wildman–Crippen LogP) is 4.48. The van der Waals surface area contributed by atoms with Crippen LogP contribution in [0.25, 0.3) is 0 Å². The molecule has 0 aromatic carbocycles. The molecular weight excluding hydrogens is 268 g/mol. The van der Waals surface area contributed by atoms with Crippen molar-refractivity contribution >= 4 is 17.5 Å². The summed E-state index contributed by atoms with van der Waals surface area (Å²) in [7, 11) is 1.75. The maximum absolute atomic E-state index is 12.5. The number of Topliss-reactive ketones (excluding diaryl/α,β-unsaturated/α-hetero) is 1. The minimum atomic E-state index is 0.211. The normalized spacial score (nSPS) is 27.0. The van der Waals surface area contributed by atoms with Gasteiger partial charge >= 0.3 is 0 Å². The maximum atomic E-state index is 12.5. The lowest BCUT2D eigenvalue weighted by molar-refractivity contribution is -0.124. The van der Waals surface area contributed by atoms with Crippen molar-refractivity contribution in [3.05, 3.63) is 12.7 Å². The lowest BCUT2D eigenvalue weighted by Crippen LogP contribution is -2.42. The number of rotatable bonds is 8. The molecule has 0 aliphatic heterocycles. The van der Waals surface area contributed by atoms with Crippen LogP contribution >= 0.6 is 11.8 Å². The number of carbonyl (C=O) groups is 1. The van der Waals surface area contributed by atoms with Gasteiger partial charge in [0.25, 0.3) is 0 Å². The van der Waals surface area contributed by atoms with E-state index >= 15 is 0 Å². The Morgan fingerprint density at radius 1 is 1.55 bits per heavy atom. The van der Waals surface area contributed by atoms with E-state index < -0.39 is 0 Å². The first-order chi connectivity index (χ1) is 9.42. The van der Waals surface area contributed by atoms with E-state index in [1.165, 1.54) is 12.8 Å². The van der Waals surface area contributed by atoms with Gasteiger partial charge in [-0.3, -0.25) is 4.79 Å². The molecule has 1 saturated carbocycles. The van der Waals surface area contributed by atoms with Gasteiger partial charge in [0.1, 0.15) is 5.78 Å². The molecule has 116 valence electrons. The van der Waals surface area contributed by atoms with Gasteiger partial charge in [0.05, 0.1) is 6.61 Å². The summed E-state index contributed by atoms with van der Waals surface area (Å²) in [4.78, 5) is 12.5. The molecule has 3 unspecified atom stereocenters. The summed E-state index contributed by atoms with van der Waals surface area (Å²) in [6.45, 7) is 11.3. The van der Waals surface area contributed by atoms with Crippen molar-refractivity contribution in [2.24, 2.45) is 11.3 Å². The van der Waals surface area contributed by atoms with E-state index in [2.05, 4.69) is 27.4 Å². The molecule has 0 bridgehead atoms. The Balaban J connectivity index is 2.77. The Morgan fingerprint density at radius 2 is 2.25 bits per heavy atom. The minimum Gasteiger partial charge on any atom is -0.384 e. The average molecular weight is 298 g/mol. The van der Waals surface area contributed by atoms with Gasteiger partial charge in [-0.1, -0.05) is 33.3 Å². The zero-order valence-electron chi connectivity index (χ0n) is 13.5. The molecule has 1 aliphatic rings. The highest BCUT2D eigenvalue weighted by atomic mass is 32.2. The topological polar surface area (TPSA) is 26.3 Å². The van der Waals surface area contributed by atoms with Crippen LogP contribution in [0.15, 0.2) is 12.7 Å². The number of hydrogen-bond acceptors (Lipinski definition) is 3. The number of ether oxygens (including phenoxy) is 1. The van der Waals surface area contributed by atoms with Crippen molar-refractivity contribution in [3.8, 4) is 0 Å². The van der Waals surface area contributed by atoms with E-state index in [1.807, 2.05) is 17.8 Å². The van der Waals surface area contributed by atoms with Gasteiger partial charge in [-0.25, -0.2) is 0 Å². The first kappa shape index (κ1) is 17.8. The molecule has 0 spiro atoms. The summed E-state index contributed by atoms with van der Waals surface area (Å²) < 4.78 is 5.25. The minimum absolute atomic E-state index is 0.211. The zero-order chi connectivity index (χ0) is 15.2. The molecule has 0 N–H and O–H groups in total. The van der Waals surface area contributed by atoms with Gasteiger partial charge in [-0.15, -0.1) is 6.58 Å². The highest BCUT2D eigenvalue weighted by molar-refractivity contribution is 8.00. The summed E-state index contributed by atoms with van der Waals surface area (Å²) in [5.41, 5.74) is 0.236. The second-order valence-electron chi connectivity index (χ2n) is 6.60. The van der Waals surface area contributed by atoms with E-state index in [0.717, 1.165) is 19.4 Å². The largest absolute Gasteiger partial charge is 0.384 e. The number of thioether (sulfide) groups is 1. The number of hydrogen-bond donors (Lipinski definition) is 0. The monoisotopic (exact) mass is 298 g/mol. The summed E-state index contributed by atoms with van der Waals surface area (Å²) in [5, 5.41) is 0.857. The first-order valence-electron chi connectivity index (χ1n) is 7.70.